The number of halogens is 1. The Hall–Kier alpha value is -1.66. The van der Waals surface area contributed by atoms with E-state index in [1.807, 2.05) is 25.1 Å². The van der Waals surface area contributed by atoms with Crippen LogP contribution >= 0.6 is 15.9 Å². The number of aliphatic hydroxyl groups is 1. The summed E-state index contributed by atoms with van der Waals surface area (Å²) in [4.78, 5) is 8.32. The van der Waals surface area contributed by atoms with E-state index in [1.54, 1.807) is 0 Å². The topological polar surface area (TPSA) is 64.5 Å². The summed E-state index contributed by atoms with van der Waals surface area (Å²) in [6.45, 7) is 1.93. The van der Waals surface area contributed by atoms with E-state index >= 15 is 0 Å². The van der Waals surface area contributed by atoms with Crippen LogP contribution in [0.15, 0.2) is 28.9 Å². The van der Waals surface area contributed by atoms with Crippen molar-refractivity contribution in [3.05, 3.63) is 45.7 Å². The maximum atomic E-state index is 10.5. The SMILES string of the molecule is COc1cnc(C(O)c2cc(Br)ccc2C)c(OC)n1. The summed E-state index contributed by atoms with van der Waals surface area (Å²) in [6.07, 6.45) is 0.537. The van der Waals surface area contributed by atoms with Crippen LogP contribution in [0, 0.1) is 6.92 Å². The average Bonchev–Trinajstić information content (AvgIpc) is 2.48. The van der Waals surface area contributed by atoms with Gasteiger partial charge in [0.2, 0.25) is 11.8 Å². The zero-order valence-electron chi connectivity index (χ0n) is 11.4. The van der Waals surface area contributed by atoms with Crippen LogP contribution in [0.3, 0.4) is 0 Å². The number of rotatable bonds is 4. The number of hydrogen-bond acceptors (Lipinski definition) is 5. The van der Waals surface area contributed by atoms with E-state index in [4.69, 9.17) is 9.47 Å². The molecule has 1 aromatic carbocycles. The molecule has 5 nitrogen and oxygen atoms in total. The fourth-order valence-corrected chi connectivity index (χ4v) is 2.23. The number of nitrogens with zero attached hydrogens (tertiary/aromatic N) is 2. The predicted octanol–water partition coefficient (Wildman–Crippen LogP) is 2.65. The summed E-state index contributed by atoms with van der Waals surface area (Å²) >= 11 is 3.40. The first-order valence-electron chi connectivity index (χ1n) is 5.96. The van der Waals surface area contributed by atoms with Gasteiger partial charge in [-0.3, -0.25) is 0 Å². The van der Waals surface area contributed by atoms with Crippen LogP contribution in [0.2, 0.25) is 0 Å². The van der Waals surface area contributed by atoms with Crippen molar-refractivity contribution in [2.75, 3.05) is 14.2 Å². The van der Waals surface area contributed by atoms with Gasteiger partial charge in [-0.1, -0.05) is 22.0 Å². The summed E-state index contributed by atoms with van der Waals surface area (Å²) in [5, 5.41) is 10.5. The maximum Gasteiger partial charge on any atom is 0.241 e. The molecule has 0 fully saturated rings. The van der Waals surface area contributed by atoms with Crippen LogP contribution in [0.5, 0.6) is 11.8 Å². The highest BCUT2D eigenvalue weighted by molar-refractivity contribution is 9.10. The number of ether oxygens (including phenoxy) is 2. The third-order valence-corrected chi connectivity index (χ3v) is 3.44. The summed E-state index contributed by atoms with van der Waals surface area (Å²) < 4.78 is 11.1. The van der Waals surface area contributed by atoms with Crippen LogP contribution in [0.4, 0.5) is 0 Å². The Morgan fingerprint density at radius 2 is 2.00 bits per heavy atom. The van der Waals surface area contributed by atoms with Crippen molar-refractivity contribution in [2.45, 2.75) is 13.0 Å². The van der Waals surface area contributed by atoms with E-state index < -0.39 is 6.10 Å². The minimum atomic E-state index is -0.916. The molecule has 106 valence electrons. The van der Waals surface area contributed by atoms with Gasteiger partial charge in [0.1, 0.15) is 11.8 Å². The standard InChI is InChI=1S/C14H15BrN2O3/c1-8-4-5-9(15)6-10(8)13(18)12-14(20-3)17-11(19-2)7-16-12/h4-7,13,18H,1-3H3. The number of hydrogen-bond donors (Lipinski definition) is 1. The normalized spacial score (nSPS) is 12.1. The van der Waals surface area contributed by atoms with E-state index in [1.165, 1.54) is 20.4 Å². The minimum Gasteiger partial charge on any atom is -0.480 e. The van der Waals surface area contributed by atoms with Crippen molar-refractivity contribution >= 4 is 15.9 Å². The smallest absolute Gasteiger partial charge is 0.241 e. The molecule has 1 heterocycles. The van der Waals surface area contributed by atoms with Gasteiger partial charge in [-0.2, -0.15) is 4.98 Å². The van der Waals surface area contributed by atoms with Crippen LogP contribution in [0.1, 0.15) is 22.9 Å². The molecule has 2 aromatic rings. The molecule has 1 aromatic heterocycles. The van der Waals surface area contributed by atoms with Crippen molar-refractivity contribution in [1.29, 1.82) is 0 Å². The van der Waals surface area contributed by atoms with E-state index in [0.717, 1.165) is 15.6 Å². The van der Waals surface area contributed by atoms with E-state index in [9.17, 15) is 5.11 Å². The number of aliphatic hydroxyl groups excluding tert-OH is 1. The lowest BCUT2D eigenvalue weighted by molar-refractivity contribution is 0.206. The van der Waals surface area contributed by atoms with Gasteiger partial charge in [0, 0.05) is 4.47 Å². The Balaban J connectivity index is 2.47. The highest BCUT2D eigenvalue weighted by Gasteiger charge is 2.21. The zero-order chi connectivity index (χ0) is 14.7. The van der Waals surface area contributed by atoms with E-state index in [-0.39, 0.29) is 5.88 Å². The Kier molecular flexibility index (Phi) is 4.57. The predicted molar refractivity (Wildman–Crippen MR) is 78.1 cm³/mol. The molecule has 0 aliphatic carbocycles. The number of methoxy groups -OCH3 is 2. The molecule has 0 bridgehead atoms. The molecule has 0 aliphatic heterocycles. The zero-order valence-corrected chi connectivity index (χ0v) is 13.0. The first-order chi connectivity index (χ1) is 9.56. The second-order valence-corrected chi connectivity index (χ2v) is 5.13. The van der Waals surface area contributed by atoms with Gasteiger partial charge in [-0.05, 0) is 30.2 Å². The largest absolute Gasteiger partial charge is 0.480 e. The van der Waals surface area contributed by atoms with Crippen molar-refractivity contribution in [3.63, 3.8) is 0 Å². The third kappa shape index (κ3) is 2.91. The first kappa shape index (κ1) is 14.7. The number of aryl methyl sites for hydroxylation is 1. The molecule has 0 saturated carbocycles. The molecule has 1 atom stereocenters. The Morgan fingerprint density at radius 3 is 2.65 bits per heavy atom. The summed E-state index contributed by atoms with van der Waals surface area (Å²) in [6, 6.07) is 5.69. The van der Waals surface area contributed by atoms with Gasteiger partial charge in [0.25, 0.3) is 0 Å². The van der Waals surface area contributed by atoms with Crippen LogP contribution in [0.25, 0.3) is 0 Å². The number of aromatic nitrogens is 2. The molecule has 0 radical (unpaired) electrons. The van der Waals surface area contributed by atoms with Crippen LogP contribution in [-0.2, 0) is 0 Å². The van der Waals surface area contributed by atoms with Gasteiger partial charge in [0.05, 0.1) is 20.4 Å². The average molecular weight is 339 g/mol. The lowest BCUT2D eigenvalue weighted by atomic mass is 10.0. The molecule has 0 spiro atoms. The quantitative estimate of drug-likeness (QED) is 0.928. The second-order valence-electron chi connectivity index (χ2n) is 4.21. The van der Waals surface area contributed by atoms with Crippen molar-refractivity contribution in [1.82, 2.24) is 9.97 Å². The maximum absolute atomic E-state index is 10.5. The van der Waals surface area contributed by atoms with Crippen LogP contribution in [-0.4, -0.2) is 29.3 Å². The van der Waals surface area contributed by atoms with Crippen molar-refractivity contribution in [2.24, 2.45) is 0 Å². The molecular formula is C14H15BrN2O3. The molecule has 20 heavy (non-hydrogen) atoms. The molecular weight excluding hydrogens is 324 g/mol. The third-order valence-electron chi connectivity index (χ3n) is 2.94. The van der Waals surface area contributed by atoms with Gasteiger partial charge < -0.3 is 14.6 Å². The number of benzene rings is 1. The molecule has 2 rings (SSSR count). The molecule has 6 heteroatoms. The fourth-order valence-electron chi connectivity index (χ4n) is 1.86. The molecule has 0 amide bonds. The minimum absolute atomic E-state index is 0.247. The van der Waals surface area contributed by atoms with Crippen molar-refractivity contribution in [3.8, 4) is 11.8 Å². The van der Waals surface area contributed by atoms with Gasteiger partial charge in [-0.25, -0.2) is 4.98 Å². The Labute approximate surface area is 125 Å². The Morgan fingerprint density at radius 1 is 1.25 bits per heavy atom. The monoisotopic (exact) mass is 338 g/mol. The summed E-state index contributed by atoms with van der Waals surface area (Å²) in [7, 11) is 2.98. The molecule has 0 saturated heterocycles. The van der Waals surface area contributed by atoms with E-state index in [2.05, 4.69) is 25.9 Å². The lowest BCUT2D eigenvalue weighted by Crippen LogP contribution is -2.08. The molecule has 0 aliphatic rings. The lowest BCUT2D eigenvalue weighted by Gasteiger charge is -2.16. The van der Waals surface area contributed by atoms with Crippen LogP contribution < -0.4 is 9.47 Å². The van der Waals surface area contributed by atoms with Crippen molar-refractivity contribution < 1.29 is 14.6 Å². The second kappa shape index (κ2) is 6.19. The fraction of sp³-hybridized carbons (Fsp3) is 0.286. The molecule has 1 N–H and O–H groups in total. The highest BCUT2D eigenvalue weighted by Crippen LogP contribution is 2.31. The first-order valence-corrected chi connectivity index (χ1v) is 6.75. The van der Waals surface area contributed by atoms with Gasteiger partial charge in [-0.15, -0.1) is 0 Å². The van der Waals surface area contributed by atoms with Gasteiger partial charge >= 0.3 is 0 Å². The summed E-state index contributed by atoms with van der Waals surface area (Å²) in [5.74, 6) is 0.583. The molecule has 1 unspecified atom stereocenters. The van der Waals surface area contributed by atoms with E-state index in [0.29, 0.717) is 11.6 Å². The highest BCUT2D eigenvalue weighted by atomic mass is 79.9. The Bertz CT molecular complexity index is 619. The van der Waals surface area contributed by atoms with Gasteiger partial charge in [0.15, 0.2) is 0 Å². The summed E-state index contributed by atoms with van der Waals surface area (Å²) in [5.41, 5.74) is 2.06.